The van der Waals surface area contributed by atoms with Gasteiger partial charge in [0.15, 0.2) is 11.3 Å². The molecule has 2 aromatic heterocycles. The van der Waals surface area contributed by atoms with Gasteiger partial charge in [0.25, 0.3) is 5.91 Å². The molecule has 2 N–H and O–H groups in total. The first-order valence-electron chi connectivity index (χ1n) is 8.66. The normalized spacial score (nSPS) is 12.8. The second-order valence-corrected chi connectivity index (χ2v) is 6.65. The van der Waals surface area contributed by atoms with Crippen LogP contribution in [0.25, 0.3) is 0 Å². The van der Waals surface area contributed by atoms with E-state index in [0.29, 0.717) is 6.07 Å². The Labute approximate surface area is 179 Å². The topological polar surface area (TPSA) is 154 Å². The molecule has 0 aromatic carbocycles. The van der Waals surface area contributed by atoms with Gasteiger partial charge in [0.2, 0.25) is 0 Å². The summed E-state index contributed by atoms with van der Waals surface area (Å²) in [6.07, 6.45) is -1.51. The van der Waals surface area contributed by atoms with Gasteiger partial charge in [-0.15, -0.1) is 0 Å². The maximum atomic E-state index is 13.2. The lowest BCUT2D eigenvalue weighted by molar-refractivity contribution is -0.143. The van der Waals surface area contributed by atoms with E-state index in [0.717, 1.165) is 6.20 Å². The third-order valence-corrected chi connectivity index (χ3v) is 4.13. The number of anilines is 1. The Morgan fingerprint density at radius 2 is 2.00 bits per heavy atom. The zero-order valence-electron chi connectivity index (χ0n) is 16.5. The van der Waals surface area contributed by atoms with E-state index in [4.69, 9.17) is 20.4 Å². The van der Waals surface area contributed by atoms with E-state index in [1.54, 1.807) is 0 Å². The van der Waals surface area contributed by atoms with Crippen molar-refractivity contribution in [2.75, 3.05) is 11.9 Å². The lowest BCUT2D eigenvalue weighted by Gasteiger charge is -2.28. The van der Waals surface area contributed by atoms with E-state index in [2.05, 4.69) is 22.0 Å². The zero-order valence-corrected chi connectivity index (χ0v) is 16.5. The molecular weight excluding hydrogens is 433 g/mol. The van der Waals surface area contributed by atoms with E-state index < -0.39 is 41.5 Å². The summed E-state index contributed by atoms with van der Waals surface area (Å²) in [4.78, 5) is 27.3. The summed E-state index contributed by atoms with van der Waals surface area (Å²) < 4.78 is 46.1. The lowest BCUT2D eigenvalue weighted by atomic mass is 10.0. The Balaban J connectivity index is 2.35. The summed E-state index contributed by atoms with van der Waals surface area (Å²) in [5.41, 5.74) is -4.62. The van der Waals surface area contributed by atoms with Crippen LogP contribution in [0.5, 0.6) is 0 Å². The first kappa shape index (κ1) is 24.0. The number of nitriles is 2. The molecule has 2 rings (SSSR count). The Bertz CT molecular complexity index is 1150. The molecule has 0 radical (unpaired) electrons. The summed E-state index contributed by atoms with van der Waals surface area (Å²) in [5, 5.41) is 32.8. The van der Waals surface area contributed by atoms with Crippen molar-refractivity contribution in [3.8, 4) is 12.1 Å². The summed E-state index contributed by atoms with van der Waals surface area (Å²) in [5.74, 6) is -2.32. The van der Waals surface area contributed by atoms with Crippen LogP contribution in [0.1, 0.15) is 23.7 Å². The van der Waals surface area contributed by atoms with Crippen LogP contribution in [0.3, 0.4) is 0 Å². The standard InChI is InChI=1S/C19H15F3N6O4/c1-11(16(29)30)9-32-18(2,10-28-8-12(4-23)6-26-28)17(31)27-13-3-14(19(20,21)22)15(5-24)25-7-13/h3,6-8H,1,9-10H2,2H3,(H,27,31)(H,29,30). The van der Waals surface area contributed by atoms with Crippen molar-refractivity contribution in [2.24, 2.45) is 0 Å². The highest BCUT2D eigenvalue weighted by atomic mass is 19.4. The molecule has 0 bridgehead atoms. The molecule has 13 heteroatoms. The highest BCUT2D eigenvalue weighted by molar-refractivity contribution is 5.97. The molecule has 2 heterocycles. The number of alkyl halides is 3. The summed E-state index contributed by atoms with van der Waals surface area (Å²) in [6.45, 7) is 3.66. The summed E-state index contributed by atoms with van der Waals surface area (Å²) in [6, 6.07) is 3.71. The average Bonchev–Trinajstić information content (AvgIpc) is 3.18. The number of aromatic nitrogens is 3. The first-order chi connectivity index (χ1) is 14.9. The lowest BCUT2D eigenvalue weighted by Crippen LogP contribution is -2.47. The van der Waals surface area contributed by atoms with E-state index in [1.807, 2.05) is 6.07 Å². The second-order valence-electron chi connectivity index (χ2n) is 6.65. The molecule has 0 aliphatic rings. The van der Waals surface area contributed by atoms with Gasteiger partial charge in [-0.25, -0.2) is 9.78 Å². The monoisotopic (exact) mass is 448 g/mol. The van der Waals surface area contributed by atoms with Crippen molar-refractivity contribution in [1.29, 1.82) is 10.5 Å². The Morgan fingerprint density at radius 1 is 1.31 bits per heavy atom. The number of nitrogens with zero attached hydrogens (tertiary/aromatic N) is 5. The molecule has 166 valence electrons. The molecule has 2 aromatic rings. The number of carbonyl (C=O) groups is 2. The highest BCUT2D eigenvalue weighted by Crippen LogP contribution is 2.32. The Hall–Kier alpha value is -4.23. The number of rotatable bonds is 8. The zero-order chi connectivity index (χ0) is 24.1. The number of halogens is 3. The second kappa shape index (κ2) is 9.28. The SMILES string of the molecule is C=C(COC(C)(Cn1cc(C#N)cn1)C(=O)Nc1cnc(C#N)c(C(F)(F)F)c1)C(=O)O. The number of hydrogen-bond acceptors (Lipinski definition) is 7. The highest BCUT2D eigenvalue weighted by Gasteiger charge is 2.38. The number of carbonyl (C=O) groups excluding carboxylic acids is 1. The number of nitrogens with one attached hydrogen (secondary N) is 1. The molecule has 0 aliphatic heterocycles. The molecule has 32 heavy (non-hydrogen) atoms. The fourth-order valence-electron chi connectivity index (χ4n) is 2.41. The van der Waals surface area contributed by atoms with Crippen molar-refractivity contribution in [1.82, 2.24) is 14.8 Å². The van der Waals surface area contributed by atoms with Crippen molar-refractivity contribution in [3.63, 3.8) is 0 Å². The minimum absolute atomic E-state index is 0.175. The quantitative estimate of drug-likeness (QED) is 0.582. The number of carboxylic acid groups (broad SMARTS) is 1. The molecule has 1 unspecified atom stereocenters. The minimum atomic E-state index is -4.89. The number of hydrogen-bond donors (Lipinski definition) is 2. The fraction of sp³-hybridized carbons (Fsp3) is 0.263. The molecular formula is C19H15F3N6O4. The third kappa shape index (κ3) is 5.68. The molecule has 0 aliphatic carbocycles. The molecule has 1 atom stereocenters. The van der Waals surface area contributed by atoms with Gasteiger partial charge >= 0.3 is 12.1 Å². The number of ether oxygens (including phenoxy) is 1. The van der Waals surface area contributed by atoms with Crippen molar-refractivity contribution >= 4 is 17.6 Å². The van der Waals surface area contributed by atoms with E-state index in [1.165, 1.54) is 30.1 Å². The van der Waals surface area contributed by atoms with Crippen LogP contribution in [0.2, 0.25) is 0 Å². The van der Waals surface area contributed by atoms with E-state index in [9.17, 15) is 22.8 Å². The third-order valence-electron chi connectivity index (χ3n) is 4.13. The van der Waals surface area contributed by atoms with Gasteiger partial charge < -0.3 is 15.2 Å². The first-order valence-corrected chi connectivity index (χ1v) is 8.66. The van der Waals surface area contributed by atoms with Gasteiger partial charge in [-0.2, -0.15) is 28.8 Å². The van der Waals surface area contributed by atoms with Gasteiger partial charge in [0.05, 0.1) is 47.9 Å². The summed E-state index contributed by atoms with van der Waals surface area (Å²) >= 11 is 0. The molecule has 0 saturated carbocycles. The van der Waals surface area contributed by atoms with Crippen molar-refractivity contribution in [3.05, 3.63) is 53.6 Å². The predicted molar refractivity (Wildman–Crippen MR) is 101 cm³/mol. The average molecular weight is 448 g/mol. The molecule has 1 amide bonds. The Kier molecular flexibility index (Phi) is 6.97. The number of aliphatic carboxylic acids is 1. The Morgan fingerprint density at radius 3 is 2.53 bits per heavy atom. The van der Waals surface area contributed by atoms with Gasteiger partial charge in [-0.05, 0) is 13.0 Å². The van der Waals surface area contributed by atoms with Gasteiger partial charge in [-0.3, -0.25) is 9.48 Å². The molecule has 10 nitrogen and oxygen atoms in total. The molecule has 0 fully saturated rings. The molecule has 0 saturated heterocycles. The number of carboxylic acids is 1. The number of pyridine rings is 1. The van der Waals surface area contributed by atoms with Crippen molar-refractivity contribution in [2.45, 2.75) is 25.2 Å². The maximum Gasteiger partial charge on any atom is 0.419 e. The number of amides is 1. The van der Waals surface area contributed by atoms with Crippen LogP contribution >= 0.6 is 0 Å². The van der Waals surface area contributed by atoms with E-state index >= 15 is 0 Å². The fourth-order valence-corrected chi connectivity index (χ4v) is 2.41. The van der Waals surface area contributed by atoms with Crippen LogP contribution in [0, 0.1) is 22.7 Å². The van der Waals surface area contributed by atoms with Crippen LogP contribution in [0.4, 0.5) is 18.9 Å². The maximum absolute atomic E-state index is 13.2. The minimum Gasteiger partial charge on any atom is -0.478 e. The smallest absolute Gasteiger partial charge is 0.419 e. The van der Waals surface area contributed by atoms with Gasteiger partial charge in [0.1, 0.15) is 12.1 Å². The van der Waals surface area contributed by atoms with Crippen molar-refractivity contribution < 1.29 is 32.6 Å². The van der Waals surface area contributed by atoms with Crippen LogP contribution in [-0.4, -0.2) is 44.0 Å². The van der Waals surface area contributed by atoms with Gasteiger partial charge in [0, 0.05) is 6.20 Å². The van der Waals surface area contributed by atoms with Crippen LogP contribution < -0.4 is 5.32 Å². The van der Waals surface area contributed by atoms with Crippen LogP contribution in [-0.2, 0) is 27.0 Å². The summed E-state index contributed by atoms with van der Waals surface area (Å²) in [7, 11) is 0. The van der Waals surface area contributed by atoms with Gasteiger partial charge in [-0.1, -0.05) is 6.58 Å². The van der Waals surface area contributed by atoms with Crippen LogP contribution in [0.15, 0.2) is 36.8 Å². The molecule has 0 spiro atoms. The van der Waals surface area contributed by atoms with E-state index in [-0.39, 0.29) is 23.4 Å². The predicted octanol–water partition coefficient (Wildman–Crippen LogP) is 2.10. The largest absolute Gasteiger partial charge is 0.478 e.